The highest BCUT2D eigenvalue weighted by atomic mass is 16.1. The molecule has 1 amide bonds. The molecule has 2 N–H and O–H groups in total. The molecule has 1 saturated heterocycles. The Bertz CT molecular complexity index is 634. The van der Waals surface area contributed by atoms with Crippen molar-refractivity contribution >= 4 is 11.9 Å². The summed E-state index contributed by atoms with van der Waals surface area (Å²) in [6.07, 6.45) is 6.80. The quantitative estimate of drug-likeness (QED) is 0.653. The maximum absolute atomic E-state index is 11.8. The van der Waals surface area contributed by atoms with Crippen LogP contribution in [-0.4, -0.2) is 43.4 Å². The van der Waals surface area contributed by atoms with Gasteiger partial charge in [0.2, 0.25) is 0 Å². The predicted octanol–water partition coefficient (Wildman–Crippen LogP) is 2.78. The third-order valence-electron chi connectivity index (χ3n) is 5.56. The van der Waals surface area contributed by atoms with Crippen molar-refractivity contribution in [2.45, 2.75) is 45.6 Å². The van der Waals surface area contributed by atoms with E-state index in [0.29, 0.717) is 17.5 Å². The van der Waals surface area contributed by atoms with Gasteiger partial charge in [-0.2, -0.15) is 0 Å². The van der Waals surface area contributed by atoms with E-state index in [4.69, 9.17) is 4.99 Å². The molecule has 1 spiro atoms. The van der Waals surface area contributed by atoms with Crippen LogP contribution in [0.15, 0.2) is 29.3 Å². The molecule has 1 aromatic carbocycles. The Morgan fingerprint density at radius 1 is 1.28 bits per heavy atom. The Morgan fingerprint density at radius 2 is 2.08 bits per heavy atom. The zero-order valence-corrected chi connectivity index (χ0v) is 15.5. The van der Waals surface area contributed by atoms with Crippen molar-refractivity contribution in [2.75, 3.05) is 26.7 Å². The standard InChI is InChI=1S/C20H30N4O/c1-3-22-19(24-12-11-20(15-24)9-4-5-10-20)23-14-16-7-6-8-17(13-16)18(25)21-2/h6-8,13H,3-5,9-12,14-15H2,1-2H3,(H,21,25)(H,22,23). The predicted molar refractivity (Wildman–Crippen MR) is 102 cm³/mol. The molecule has 1 aromatic rings. The number of amides is 1. The summed E-state index contributed by atoms with van der Waals surface area (Å²) >= 11 is 0. The Labute approximate surface area is 150 Å². The SMILES string of the molecule is CCNC(=NCc1cccc(C(=O)NC)c1)N1CCC2(CCCC2)C1. The number of hydrogen-bond acceptors (Lipinski definition) is 2. The first-order valence-corrected chi connectivity index (χ1v) is 9.50. The Balaban J connectivity index is 1.69. The molecule has 136 valence electrons. The summed E-state index contributed by atoms with van der Waals surface area (Å²) in [5.41, 5.74) is 2.28. The van der Waals surface area contributed by atoms with Crippen LogP contribution in [0.5, 0.6) is 0 Å². The fourth-order valence-electron chi connectivity index (χ4n) is 4.20. The molecule has 25 heavy (non-hydrogen) atoms. The maximum atomic E-state index is 11.8. The molecule has 0 aromatic heterocycles. The normalized spacial score (nSPS) is 19.4. The van der Waals surface area contributed by atoms with Crippen LogP contribution < -0.4 is 10.6 Å². The summed E-state index contributed by atoms with van der Waals surface area (Å²) < 4.78 is 0. The van der Waals surface area contributed by atoms with E-state index in [1.54, 1.807) is 7.05 Å². The fraction of sp³-hybridized carbons (Fsp3) is 0.600. The van der Waals surface area contributed by atoms with Gasteiger partial charge in [0.25, 0.3) is 5.91 Å². The fourth-order valence-corrected chi connectivity index (χ4v) is 4.20. The first kappa shape index (κ1) is 17.8. The highest BCUT2D eigenvalue weighted by Crippen LogP contribution is 2.45. The van der Waals surface area contributed by atoms with E-state index in [-0.39, 0.29) is 5.91 Å². The van der Waals surface area contributed by atoms with E-state index in [0.717, 1.165) is 31.2 Å². The molecular weight excluding hydrogens is 312 g/mol. The highest BCUT2D eigenvalue weighted by molar-refractivity contribution is 5.94. The van der Waals surface area contributed by atoms with E-state index in [9.17, 15) is 4.79 Å². The van der Waals surface area contributed by atoms with Crippen molar-refractivity contribution in [1.82, 2.24) is 15.5 Å². The van der Waals surface area contributed by atoms with E-state index >= 15 is 0 Å². The molecule has 0 bridgehead atoms. The van der Waals surface area contributed by atoms with Gasteiger partial charge in [-0.15, -0.1) is 0 Å². The number of guanidine groups is 1. The molecule has 1 heterocycles. The van der Waals surface area contributed by atoms with Crippen LogP contribution in [0.2, 0.25) is 0 Å². The minimum absolute atomic E-state index is 0.0551. The number of nitrogens with zero attached hydrogens (tertiary/aromatic N) is 2. The van der Waals surface area contributed by atoms with Crippen LogP contribution in [0.1, 0.15) is 54.9 Å². The lowest BCUT2D eigenvalue weighted by Gasteiger charge is -2.26. The second-order valence-electron chi connectivity index (χ2n) is 7.33. The van der Waals surface area contributed by atoms with Crippen LogP contribution in [0.25, 0.3) is 0 Å². The van der Waals surface area contributed by atoms with Gasteiger partial charge in [-0.05, 0) is 49.3 Å². The van der Waals surface area contributed by atoms with Crippen LogP contribution in [0.4, 0.5) is 0 Å². The average molecular weight is 342 g/mol. The second-order valence-corrected chi connectivity index (χ2v) is 7.33. The summed E-state index contributed by atoms with van der Waals surface area (Å²) in [4.78, 5) is 19.1. The summed E-state index contributed by atoms with van der Waals surface area (Å²) in [5, 5.41) is 6.12. The van der Waals surface area contributed by atoms with Gasteiger partial charge >= 0.3 is 0 Å². The molecular formula is C20H30N4O. The van der Waals surface area contributed by atoms with Crippen LogP contribution in [0.3, 0.4) is 0 Å². The number of likely N-dealkylation sites (tertiary alicyclic amines) is 1. The molecule has 0 unspecified atom stereocenters. The minimum Gasteiger partial charge on any atom is -0.357 e. The van der Waals surface area contributed by atoms with Gasteiger partial charge in [0.15, 0.2) is 5.96 Å². The monoisotopic (exact) mass is 342 g/mol. The number of hydrogen-bond donors (Lipinski definition) is 2. The van der Waals surface area contributed by atoms with Crippen LogP contribution >= 0.6 is 0 Å². The lowest BCUT2D eigenvalue weighted by Crippen LogP contribution is -2.41. The van der Waals surface area contributed by atoms with Crippen molar-refractivity contribution in [2.24, 2.45) is 10.4 Å². The van der Waals surface area contributed by atoms with E-state index in [1.165, 1.54) is 32.1 Å². The number of aliphatic imine (C=N–C) groups is 1. The molecule has 0 atom stereocenters. The van der Waals surface area contributed by atoms with Gasteiger partial charge in [-0.1, -0.05) is 25.0 Å². The Kier molecular flexibility index (Phi) is 5.61. The molecule has 1 saturated carbocycles. The van der Waals surface area contributed by atoms with Crippen molar-refractivity contribution in [3.63, 3.8) is 0 Å². The van der Waals surface area contributed by atoms with Crippen molar-refractivity contribution < 1.29 is 4.79 Å². The second kappa shape index (κ2) is 7.89. The first-order valence-electron chi connectivity index (χ1n) is 9.50. The summed E-state index contributed by atoms with van der Waals surface area (Å²) in [5.74, 6) is 0.956. The number of rotatable bonds is 4. The third kappa shape index (κ3) is 4.14. The third-order valence-corrected chi connectivity index (χ3v) is 5.56. The van der Waals surface area contributed by atoms with Gasteiger partial charge < -0.3 is 15.5 Å². The molecule has 3 rings (SSSR count). The van der Waals surface area contributed by atoms with E-state index in [1.807, 2.05) is 24.3 Å². The molecule has 2 aliphatic rings. The van der Waals surface area contributed by atoms with E-state index < -0.39 is 0 Å². The smallest absolute Gasteiger partial charge is 0.251 e. The minimum atomic E-state index is -0.0551. The van der Waals surface area contributed by atoms with Gasteiger partial charge in [0, 0.05) is 32.2 Å². The lowest BCUT2D eigenvalue weighted by atomic mass is 9.86. The van der Waals surface area contributed by atoms with Gasteiger partial charge in [-0.3, -0.25) is 4.79 Å². The average Bonchev–Trinajstić information content (AvgIpc) is 3.28. The maximum Gasteiger partial charge on any atom is 0.251 e. The number of nitrogens with one attached hydrogen (secondary N) is 2. The van der Waals surface area contributed by atoms with Gasteiger partial charge in [0.05, 0.1) is 6.54 Å². The molecule has 2 fully saturated rings. The molecule has 0 radical (unpaired) electrons. The summed E-state index contributed by atoms with van der Waals surface area (Å²) in [6, 6.07) is 7.71. The molecule has 1 aliphatic heterocycles. The number of carbonyl (C=O) groups excluding carboxylic acids is 1. The zero-order valence-electron chi connectivity index (χ0n) is 15.5. The van der Waals surface area contributed by atoms with Gasteiger partial charge in [-0.25, -0.2) is 4.99 Å². The summed E-state index contributed by atoms with van der Waals surface area (Å²) in [7, 11) is 1.66. The van der Waals surface area contributed by atoms with Crippen molar-refractivity contribution in [3.05, 3.63) is 35.4 Å². The van der Waals surface area contributed by atoms with Gasteiger partial charge in [0.1, 0.15) is 0 Å². The topological polar surface area (TPSA) is 56.7 Å². The van der Waals surface area contributed by atoms with Crippen molar-refractivity contribution in [3.8, 4) is 0 Å². The number of carbonyl (C=O) groups is 1. The summed E-state index contributed by atoms with van der Waals surface area (Å²) in [6.45, 7) is 5.82. The lowest BCUT2D eigenvalue weighted by molar-refractivity contribution is 0.0963. The van der Waals surface area contributed by atoms with Crippen LogP contribution in [-0.2, 0) is 6.54 Å². The molecule has 5 nitrogen and oxygen atoms in total. The van der Waals surface area contributed by atoms with Crippen LogP contribution in [0, 0.1) is 5.41 Å². The first-order chi connectivity index (χ1) is 12.2. The molecule has 5 heteroatoms. The highest BCUT2D eigenvalue weighted by Gasteiger charge is 2.41. The van der Waals surface area contributed by atoms with E-state index in [2.05, 4.69) is 22.5 Å². The largest absolute Gasteiger partial charge is 0.357 e. The Hall–Kier alpha value is -2.04. The Morgan fingerprint density at radius 3 is 2.80 bits per heavy atom. The number of benzene rings is 1. The zero-order chi connectivity index (χ0) is 17.7. The van der Waals surface area contributed by atoms with Crippen molar-refractivity contribution in [1.29, 1.82) is 0 Å². The molecule has 1 aliphatic carbocycles.